The summed E-state index contributed by atoms with van der Waals surface area (Å²) in [7, 11) is 1.51. The number of carboxylic acids is 1. The van der Waals surface area contributed by atoms with Crippen LogP contribution in [0.1, 0.15) is 12.8 Å². The first kappa shape index (κ1) is 8.49. The summed E-state index contributed by atoms with van der Waals surface area (Å²) in [6.07, 6.45) is 0.227. The van der Waals surface area contributed by atoms with Crippen LogP contribution in [0.2, 0.25) is 0 Å². The zero-order chi connectivity index (χ0) is 8.48. The maximum absolute atomic E-state index is 10.4. The number of hydrogen-bond acceptors (Lipinski definition) is 3. The lowest BCUT2D eigenvalue weighted by molar-refractivity contribution is -0.152. The molecule has 1 atom stereocenters. The molecule has 0 aromatic heterocycles. The Hall–Kier alpha value is -0.610. The van der Waals surface area contributed by atoms with Crippen molar-refractivity contribution < 1.29 is 19.7 Å². The molecule has 1 aliphatic rings. The molecule has 4 heteroatoms. The topological polar surface area (TPSA) is 66.8 Å². The van der Waals surface area contributed by atoms with Gasteiger partial charge in [0.25, 0.3) is 0 Å². The minimum Gasteiger partial charge on any atom is -0.479 e. The number of aliphatic carboxylic acids is 1. The van der Waals surface area contributed by atoms with Crippen molar-refractivity contribution in [3.8, 4) is 0 Å². The van der Waals surface area contributed by atoms with Crippen molar-refractivity contribution in [2.24, 2.45) is 5.41 Å². The van der Waals surface area contributed by atoms with Gasteiger partial charge in [0.05, 0.1) is 6.61 Å². The highest BCUT2D eigenvalue weighted by Crippen LogP contribution is 2.48. The summed E-state index contributed by atoms with van der Waals surface area (Å²) in [5, 5.41) is 17.6. The third-order valence-electron chi connectivity index (χ3n) is 2.14. The number of methoxy groups -OCH3 is 1. The molecule has 0 spiro atoms. The van der Waals surface area contributed by atoms with E-state index in [1.54, 1.807) is 0 Å². The SMILES string of the molecule is COCC1(C(O)C(=O)O)CC1. The summed E-state index contributed by atoms with van der Waals surface area (Å²) in [4.78, 5) is 10.4. The first-order chi connectivity index (χ1) is 5.12. The molecule has 4 nitrogen and oxygen atoms in total. The van der Waals surface area contributed by atoms with Gasteiger partial charge in [-0.15, -0.1) is 0 Å². The van der Waals surface area contributed by atoms with Crippen molar-refractivity contribution in [1.82, 2.24) is 0 Å². The largest absolute Gasteiger partial charge is 0.479 e. The third-order valence-corrected chi connectivity index (χ3v) is 2.14. The summed E-state index contributed by atoms with van der Waals surface area (Å²) >= 11 is 0. The Labute approximate surface area is 64.8 Å². The molecule has 0 saturated heterocycles. The van der Waals surface area contributed by atoms with Gasteiger partial charge in [-0.25, -0.2) is 4.79 Å². The molecular weight excluding hydrogens is 148 g/mol. The average molecular weight is 160 g/mol. The van der Waals surface area contributed by atoms with E-state index in [-0.39, 0.29) is 0 Å². The van der Waals surface area contributed by atoms with Crippen molar-refractivity contribution >= 4 is 5.97 Å². The molecule has 1 unspecified atom stereocenters. The summed E-state index contributed by atoms with van der Waals surface area (Å²) in [5.74, 6) is -1.15. The van der Waals surface area contributed by atoms with E-state index in [1.165, 1.54) is 7.11 Å². The molecule has 0 bridgehead atoms. The number of carbonyl (C=O) groups is 1. The zero-order valence-electron chi connectivity index (χ0n) is 6.41. The van der Waals surface area contributed by atoms with Gasteiger partial charge in [0.15, 0.2) is 6.10 Å². The Balaban J connectivity index is 2.50. The van der Waals surface area contributed by atoms with Crippen molar-refractivity contribution in [3.05, 3.63) is 0 Å². The van der Waals surface area contributed by atoms with Gasteiger partial charge in [-0.3, -0.25) is 0 Å². The number of rotatable bonds is 4. The lowest BCUT2D eigenvalue weighted by Gasteiger charge is -2.16. The van der Waals surface area contributed by atoms with E-state index < -0.39 is 17.5 Å². The second-order valence-corrected chi connectivity index (χ2v) is 3.04. The summed E-state index contributed by atoms with van der Waals surface area (Å²) in [6, 6.07) is 0. The highest BCUT2D eigenvalue weighted by atomic mass is 16.5. The van der Waals surface area contributed by atoms with Crippen molar-refractivity contribution in [3.63, 3.8) is 0 Å². The zero-order valence-corrected chi connectivity index (χ0v) is 6.41. The maximum Gasteiger partial charge on any atom is 0.333 e. The van der Waals surface area contributed by atoms with Crippen LogP contribution in [0.3, 0.4) is 0 Å². The number of carboxylic acid groups (broad SMARTS) is 1. The van der Waals surface area contributed by atoms with E-state index in [1.807, 2.05) is 0 Å². The van der Waals surface area contributed by atoms with E-state index in [9.17, 15) is 4.79 Å². The third kappa shape index (κ3) is 1.52. The summed E-state index contributed by atoms with van der Waals surface area (Å²) in [6.45, 7) is 0.334. The van der Waals surface area contributed by atoms with Crippen LogP contribution in [0, 0.1) is 5.41 Å². The standard InChI is InChI=1S/C7H12O4/c1-11-4-7(2-3-7)5(8)6(9)10/h5,8H,2-4H2,1H3,(H,9,10). The van der Waals surface area contributed by atoms with E-state index >= 15 is 0 Å². The predicted octanol–water partition coefficient (Wildman–Crippen LogP) is -0.142. The van der Waals surface area contributed by atoms with Crippen LogP contribution < -0.4 is 0 Å². The first-order valence-corrected chi connectivity index (χ1v) is 3.52. The average Bonchev–Trinajstić information content (AvgIpc) is 2.69. The van der Waals surface area contributed by atoms with Crippen LogP contribution >= 0.6 is 0 Å². The fourth-order valence-electron chi connectivity index (χ4n) is 1.21. The molecule has 1 aliphatic carbocycles. The van der Waals surface area contributed by atoms with Crippen molar-refractivity contribution in [1.29, 1.82) is 0 Å². The lowest BCUT2D eigenvalue weighted by Crippen LogP contribution is -2.33. The number of hydrogen-bond donors (Lipinski definition) is 2. The smallest absolute Gasteiger partial charge is 0.333 e. The van der Waals surface area contributed by atoms with Crippen molar-refractivity contribution in [2.75, 3.05) is 13.7 Å². The fraction of sp³-hybridized carbons (Fsp3) is 0.857. The van der Waals surface area contributed by atoms with Gasteiger partial charge >= 0.3 is 5.97 Å². The quantitative estimate of drug-likeness (QED) is 0.600. The monoisotopic (exact) mass is 160 g/mol. The molecule has 11 heavy (non-hydrogen) atoms. The van der Waals surface area contributed by atoms with Crippen LogP contribution in [0.4, 0.5) is 0 Å². The fourth-order valence-corrected chi connectivity index (χ4v) is 1.21. The van der Waals surface area contributed by atoms with Crippen LogP contribution in [-0.2, 0) is 9.53 Å². The van der Waals surface area contributed by atoms with Crippen LogP contribution in [-0.4, -0.2) is 36.0 Å². The Bertz CT molecular complexity index is 162. The Morgan fingerprint density at radius 3 is 2.55 bits per heavy atom. The molecule has 1 fully saturated rings. The molecule has 0 aliphatic heterocycles. The second-order valence-electron chi connectivity index (χ2n) is 3.04. The molecule has 64 valence electrons. The maximum atomic E-state index is 10.4. The lowest BCUT2D eigenvalue weighted by atomic mass is 10.0. The first-order valence-electron chi connectivity index (χ1n) is 3.52. The van der Waals surface area contributed by atoms with Gasteiger partial charge in [0.1, 0.15) is 0 Å². The minimum absolute atomic E-state index is 0.334. The van der Waals surface area contributed by atoms with E-state index in [0.29, 0.717) is 6.61 Å². The number of aliphatic hydroxyl groups is 1. The minimum atomic E-state index is -1.26. The van der Waals surface area contributed by atoms with Crippen LogP contribution in [0.15, 0.2) is 0 Å². The molecule has 1 rings (SSSR count). The second kappa shape index (κ2) is 2.79. The van der Waals surface area contributed by atoms with Gasteiger partial charge in [-0.2, -0.15) is 0 Å². The van der Waals surface area contributed by atoms with E-state index in [4.69, 9.17) is 14.9 Å². The van der Waals surface area contributed by atoms with Gasteiger partial charge in [0, 0.05) is 12.5 Å². The highest BCUT2D eigenvalue weighted by Gasteiger charge is 2.52. The van der Waals surface area contributed by atoms with E-state index in [2.05, 4.69) is 0 Å². The summed E-state index contributed by atoms with van der Waals surface area (Å²) in [5.41, 5.74) is -0.486. The predicted molar refractivity (Wildman–Crippen MR) is 37.2 cm³/mol. The molecule has 0 aromatic rings. The van der Waals surface area contributed by atoms with Gasteiger partial charge in [0.2, 0.25) is 0 Å². The molecule has 2 N–H and O–H groups in total. The van der Waals surface area contributed by atoms with Crippen LogP contribution in [0.5, 0.6) is 0 Å². The highest BCUT2D eigenvalue weighted by molar-refractivity contribution is 5.73. The normalized spacial score (nSPS) is 22.7. The molecule has 0 heterocycles. The Morgan fingerprint density at radius 1 is 1.73 bits per heavy atom. The van der Waals surface area contributed by atoms with Gasteiger partial charge in [-0.05, 0) is 12.8 Å². The number of ether oxygens (including phenoxy) is 1. The van der Waals surface area contributed by atoms with Gasteiger partial charge in [-0.1, -0.05) is 0 Å². The molecule has 0 aromatic carbocycles. The molecule has 0 radical (unpaired) electrons. The Kier molecular flexibility index (Phi) is 2.15. The summed E-state index contributed by atoms with van der Waals surface area (Å²) < 4.78 is 4.82. The van der Waals surface area contributed by atoms with Gasteiger partial charge < -0.3 is 14.9 Å². The van der Waals surface area contributed by atoms with E-state index in [0.717, 1.165) is 12.8 Å². The molecule has 1 saturated carbocycles. The van der Waals surface area contributed by atoms with Crippen molar-refractivity contribution in [2.45, 2.75) is 18.9 Å². The van der Waals surface area contributed by atoms with Crippen LogP contribution in [0.25, 0.3) is 0 Å². The number of aliphatic hydroxyl groups excluding tert-OH is 1. The Morgan fingerprint density at radius 2 is 2.27 bits per heavy atom. The molecular formula is C7H12O4. The molecule has 0 amide bonds.